The molecule has 0 bridgehead atoms. The van der Waals surface area contributed by atoms with Crippen LogP contribution in [0.1, 0.15) is 16.1 Å². The second-order valence-corrected chi connectivity index (χ2v) is 5.56. The molecule has 1 aromatic heterocycles. The van der Waals surface area contributed by atoms with E-state index in [4.69, 9.17) is 9.15 Å². The lowest BCUT2D eigenvalue weighted by Crippen LogP contribution is -2.17. The Morgan fingerprint density at radius 3 is 2.75 bits per heavy atom. The molecule has 0 aliphatic rings. The summed E-state index contributed by atoms with van der Waals surface area (Å²) in [5.41, 5.74) is 2.68. The van der Waals surface area contributed by atoms with Gasteiger partial charge in [-0.3, -0.25) is 14.9 Å². The van der Waals surface area contributed by atoms with Crippen LogP contribution in [0.3, 0.4) is 0 Å². The molecule has 9 nitrogen and oxygen atoms in total. The highest BCUT2D eigenvalue weighted by atomic mass is 16.6. The van der Waals surface area contributed by atoms with Crippen molar-refractivity contribution in [3.05, 3.63) is 76.0 Å². The van der Waals surface area contributed by atoms with Crippen LogP contribution in [0, 0.1) is 10.1 Å². The highest BCUT2D eigenvalue weighted by Gasteiger charge is 2.15. The van der Waals surface area contributed by atoms with Crippen molar-refractivity contribution >= 4 is 17.8 Å². The second-order valence-electron chi connectivity index (χ2n) is 5.56. The Balaban J connectivity index is 1.77. The fourth-order valence-corrected chi connectivity index (χ4v) is 2.45. The number of phenolic OH excluding ortho intramolecular Hbond substituents is 1. The molecule has 0 unspecified atom stereocenters. The molecule has 0 radical (unpaired) electrons. The number of hydrazone groups is 1. The third-order valence-electron chi connectivity index (χ3n) is 3.79. The van der Waals surface area contributed by atoms with Crippen molar-refractivity contribution in [2.24, 2.45) is 5.10 Å². The Bertz CT molecular complexity index is 1060. The zero-order valence-electron chi connectivity index (χ0n) is 14.7. The molecule has 0 spiro atoms. The normalized spacial score (nSPS) is 10.8. The van der Waals surface area contributed by atoms with Gasteiger partial charge in [-0.2, -0.15) is 5.10 Å². The standard InChI is InChI=1S/C19H15N3O6/c1-27-17-8-6-12(22(25)26)10-15(17)18-9-7-13(28-18)11-20-21-19(24)14-4-2-3-5-16(14)23/h2-11,23H,1H3,(H,21,24)/b20-11-. The number of amides is 1. The van der Waals surface area contributed by atoms with Crippen molar-refractivity contribution < 1.29 is 24.0 Å². The van der Waals surface area contributed by atoms with Crippen molar-refractivity contribution in [2.75, 3.05) is 7.11 Å². The number of nitro groups is 1. The van der Waals surface area contributed by atoms with Gasteiger partial charge in [0, 0.05) is 12.1 Å². The Morgan fingerprint density at radius 2 is 2.04 bits per heavy atom. The molecule has 0 aliphatic heterocycles. The van der Waals surface area contributed by atoms with E-state index >= 15 is 0 Å². The van der Waals surface area contributed by atoms with Crippen LogP contribution in [-0.4, -0.2) is 29.3 Å². The molecular weight excluding hydrogens is 366 g/mol. The number of phenols is 1. The molecule has 1 heterocycles. The molecule has 3 aromatic rings. The van der Waals surface area contributed by atoms with E-state index in [1.165, 1.54) is 43.7 Å². The number of non-ortho nitro benzene ring substituents is 1. The number of benzene rings is 2. The van der Waals surface area contributed by atoms with Crippen LogP contribution in [-0.2, 0) is 0 Å². The van der Waals surface area contributed by atoms with Gasteiger partial charge in [0.1, 0.15) is 23.0 Å². The van der Waals surface area contributed by atoms with Gasteiger partial charge in [-0.1, -0.05) is 12.1 Å². The third kappa shape index (κ3) is 3.98. The van der Waals surface area contributed by atoms with E-state index in [1.54, 1.807) is 24.3 Å². The van der Waals surface area contributed by atoms with Crippen molar-refractivity contribution in [2.45, 2.75) is 0 Å². The third-order valence-corrected chi connectivity index (χ3v) is 3.79. The first-order chi connectivity index (χ1) is 13.5. The number of nitrogens with zero attached hydrogens (tertiary/aromatic N) is 2. The molecule has 2 N–H and O–H groups in total. The number of aromatic hydroxyl groups is 1. The predicted octanol–water partition coefficient (Wildman–Crippen LogP) is 3.33. The number of methoxy groups -OCH3 is 1. The highest BCUT2D eigenvalue weighted by molar-refractivity contribution is 5.97. The number of nitro benzene ring substituents is 1. The molecule has 28 heavy (non-hydrogen) atoms. The summed E-state index contributed by atoms with van der Waals surface area (Å²) in [4.78, 5) is 22.5. The number of carbonyl (C=O) groups excluding carboxylic acids is 1. The van der Waals surface area contributed by atoms with Gasteiger partial charge >= 0.3 is 0 Å². The number of furan rings is 1. The fourth-order valence-electron chi connectivity index (χ4n) is 2.45. The minimum Gasteiger partial charge on any atom is -0.507 e. The number of carbonyl (C=O) groups is 1. The number of rotatable bonds is 6. The van der Waals surface area contributed by atoms with Crippen LogP contribution in [0.5, 0.6) is 11.5 Å². The zero-order chi connectivity index (χ0) is 20.1. The van der Waals surface area contributed by atoms with E-state index in [1.807, 2.05) is 0 Å². The van der Waals surface area contributed by atoms with Gasteiger partial charge in [0.2, 0.25) is 0 Å². The Labute approximate surface area is 159 Å². The lowest BCUT2D eigenvalue weighted by atomic mass is 10.1. The number of nitrogens with one attached hydrogen (secondary N) is 1. The van der Waals surface area contributed by atoms with E-state index < -0.39 is 10.8 Å². The van der Waals surface area contributed by atoms with E-state index in [9.17, 15) is 20.0 Å². The number of hydrogen-bond acceptors (Lipinski definition) is 7. The van der Waals surface area contributed by atoms with E-state index in [2.05, 4.69) is 10.5 Å². The van der Waals surface area contributed by atoms with Gasteiger partial charge < -0.3 is 14.3 Å². The molecule has 0 fully saturated rings. The molecular formula is C19H15N3O6. The van der Waals surface area contributed by atoms with Crippen LogP contribution >= 0.6 is 0 Å². The number of hydrogen-bond donors (Lipinski definition) is 2. The summed E-state index contributed by atoms with van der Waals surface area (Å²) >= 11 is 0. The molecule has 0 aliphatic carbocycles. The molecule has 3 rings (SSSR count). The lowest BCUT2D eigenvalue weighted by Gasteiger charge is -2.05. The van der Waals surface area contributed by atoms with Crippen molar-refractivity contribution in [1.29, 1.82) is 0 Å². The van der Waals surface area contributed by atoms with Crippen molar-refractivity contribution in [3.8, 4) is 22.8 Å². The number of para-hydroxylation sites is 1. The summed E-state index contributed by atoms with van der Waals surface area (Å²) in [5.74, 6) is 0.321. The minimum absolute atomic E-state index is 0.0844. The maximum absolute atomic E-state index is 12.0. The maximum atomic E-state index is 12.0. The van der Waals surface area contributed by atoms with Crippen LogP contribution in [0.15, 0.2) is 64.1 Å². The Morgan fingerprint density at radius 1 is 1.25 bits per heavy atom. The van der Waals surface area contributed by atoms with Crippen LogP contribution in [0.25, 0.3) is 11.3 Å². The van der Waals surface area contributed by atoms with Crippen molar-refractivity contribution in [1.82, 2.24) is 5.43 Å². The van der Waals surface area contributed by atoms with Gasteiger partial charge in [-0.15, -0.1) is 0 Å². The first kappa shape index (κ1) is 18.6. The zero-order valence-corrected chi connectivity index (χ0v) is 14.7. The van der Waals surface area contributed by atoms with E-state index in [0.717, 1.165) is 0 Å². The largest absolute Gasteiger partial charge is 0.507 e. The van der Waals surface area contributed by atoms with Gasteiger partial charge in [-0.05, 0) is 30.3 Å². The SMILES string of the molecule is COc1ccc([N+](=O)[O-])cc1-c1ccc(/C=N\NC(=O)c2ccccc2O)o1. The Kier molecular flexibility index (Phi) is 5.35. The van der Waals surface area contributed by atoms with Gasteiger partial charge in [0.25, 0.3) is 11.6 Å². The summed E-state index contributed by atoms with van der Waals surface area (Å²) in [6, 6.07) is 13.4. The summed E-state index contributed by atoms with van der Waals surface area (Å²) < 4.78 is 10.8. The van der Waals surface area contributed by atoms with Crippen LogP contribution < -0.4 is 10.2 Å². The number of ether oxygens (including phenoxy) is 1. The monoisotopic (exact) mass is 381 g/mol. The molecule has 142 valence electrons. The summed E-state index contributed by atoms with van der Waals surface area (Å²) in [6.45, 7) is 0. The molecule has 2 aromatic carbocycles. The average molecular weight is 381 g/mol. The molecule has 9 heteroatoms. The van der Waals surface area contributed by atoms with Crippen LogP contribution in [0.2, 0.25) is 0 Å². The van der Waals surface area contributed by atoms with Gasteiger partial charge in [0.15, 0.2) is 0 Å². The quantitative estimate of drug-likeness (QED) is 0.383. The maximum Gasteiger partial charge on any atom is 0.275 e. The molecule has 0 saturated carbocycles. The first-order valence-electron chi connectivity index (χ1n) is 8.03. The fraction of sp³-hybridized carbons (Fsp3) is 0.0526. The molecule has 0 saturated heterocycles. The van der Waals surface area contributed by atoms with Crippen molar-refractivity contribution in [3.63, 3.8) is 0 Å². The minimum atomic E-state index is -0.582. The topological polar surface area (TPSA) is 127 Å². The molecule has 1 amide bonds. The summed E-state index contributed by atoms with van der Waals surface area (Å²) in [6.07, 6.45) is 1.27. The smallest absolute Gasteiger partial charge is 0.275 e. The molecule has 0 atom stereocenters. The second kappa shape index (κ2) is 8.04. The van der Waals surface area contributed by atoms with Gasteiger partial charge in [0.05, 0.1) is 29.4 Å². The lowest BCUT2D eigenvalue weighted by molar-refractivity contribution is -0.384. The summed E-state index contributed by atoms with van der Waals surface area (Å²) in [7, 11) is 1.45. The summed E-state index contributed by atoms with van der Waals surface area (Å²) in [5, 5.41) is 24.4. The average Bonchev–Trinajstić information content (AvgIpc) is 3.16. The van der Waals surface area contributed by atoms with E-state index in [-0.39, 0.29) is 17.0 Å². The highest BCUT2D eigenvalue weighted by Crippen LogP contribution is 2.34. The van der Waals surface area contributed by atoms with Gasteiger partial charge in [-0.25, -0.2) is 5.43 Å². The van der Waals surface area contributed by atoms with E-state index in [0.29, 0.717) is 22.8 Å². The van der Waals surface area contributed by atoms with Crippen LogP contribution in [0.4, 0.5) is 5.69 Å². The predicted molar refractivity (Wildman–Crippen MR) is 101 cm³/mol. The first-order valence-corrected chi connectivity index (χ1v) is 8.03. The Hall–Kier alpha value is -4.14.